The van der Waals surface area contributed by atoms with Crippen LogP contribution in [-0.4, -0.2) is 9.97 Å². The van der Waals surface area contributed by atoms with Crippen molar-refractivity contribution in [1.82, 2.24) is 9.97 Å². The van der Waals surface area contributed by atoms with Gasteiger partial charge in [0.2, 0.25) is 0 Å². The molecule has 3 heteroatoms. The minimum Gasteiger partial charge on any atom is -0.456 e. The maximum Gasteiger partial charge on any atom is 0.161 e. The fourth-order valence-electron chi connectivity index (χ4n) is 7.44. The fourth-order valence-corrected chi connectivity index (χ4v) is 7.44. The summed E-state index contributed by atoms with van der Waals surface area (Å²) in [5, 5.41) is 9.54. The molecule has 0 unspecified atom stereocenters. The number of furan rings is 1. The number of rotatable bonds is 4. The van der Waals surface area contributed by atoms with Crippen LogP contribution in [0.3, 0.4) is 0 Å². The van der Waals surface area contributed by atoms with E-state index < -0.39 is 0 Å². The van der Waals surface area contributed by atoms with Gasteiger partial charge in [0.1, 0.15) is 11.2 Å². The smallest absolute Gasteiger partial charge is 0.161 e. The molecule has 10 aromatic rings. The van der Waals surface area contributed by atoms with Gasteiger partial charge in [0.25, 0.3) is 0 Å². The first-order chi connectivity index (χ1) is 24.3. The third-order valence-electron chi connectivity index (χ3n) is 9.69. The van der Waals surface area contributed by atoms with Crippen LogP contribution in [0.2, 0.25) is 0 Å². The topological polar surface area (TPSA) is 38.9 Å². The minimum absolute atomic E-state index is 0.663. The molecule has 0 bridgehead atoms. The molecule has 3 nitrogen and oxygen atoms in total. The van der Waals surface area contributed by atoms with Gasteiger partial charge in [0.05, 0.1) is 11.4 Å². The second-order valence-corrected chi connectivity index (χ2v) is 12.5. The van der Waals surface area contributed by atoms with E-state index in [-0.39, 0.29) is 0 Å². The average Bonchev–Trinajstić information content (AvgIpc) is 3.57. The SMILES string of the molecule is c1ccc(-c2cc(-c3ccccc3)nc(-c3c(-c4ccc5c6ccccc6c6ccccc6c5c4)ccc4oc5ccccc5c34)n2)cc1. The van der Waals surface area contributed by atoms with Crippen LogP contribution >= 0.6 is 0 Å². The van der Waals surface area contributed by atoms with E-state index in [4.69, 9.17) is 14.4 Å². The van der Waals surface area contributed by atoms with Crippen molar-refractivity contribution in [3.63, 3.8) is 0 Å². The Morgan fingerprint density at radius 3 is 1.47 bits per heavy atom. The number of aromatic nitrogens is 2. The lowest BCUT2D eigenvalue weighted by molar-refractivity contribution is 0.669. The van der Waals surface area contributed by atoms with Gasteiger partial charge in [0.15, 0.2) is 5.82 Å². The minimum atomic E-state index is 0.663. The Labute approximate surface area is 282 Å². The Hall–Kier alpha value is -6.58. The predicted octanol–water partition coefficient (Wildman–Crippen LogP) is 12.5. The number of fused-ring (bicyclic) bond motifs is 9. The second-order valence-electron chi connectivity index (χ2n) is 12.5. The van der Waals surface area contributed by atoms with Crippen molar-refractivity contribution < 1.29 is 4.42 Å². The van der Waals surface area contributed by atoms with Crippen LogP contribution in [0.1, 0.15) is 0 Å². The van der Waals surface area contributed by atoms with Crippen LogP contribution < -0.4 is 0 Å². The largest absolute Gasteiger partial charge is 0.456 e. The molecule has 2 heterocycles. The monoisotopic (exact) mass is 624 g/mol. The van der Waals surface area contributed by atoms with Crippen LogP contribution in [0.4, 0.5) is 0 Å². The summed E-state index contributed by atoms with van der Waals surface area (Å²) < 4.78 is 6.46. The molecule has 49 heavy (non-hydrogen) atoms. The zero-order valence-electron chi connectivity index (χ0n) is 26.5. The zero-order valence-corrected chi connectivity index (χ0v) is 26.5. The first-order valence-corrected chi connectivity index (χ1v) is 16.6. The van der Waals surface area contributed by atoms with E-state index in [1.165, 1.54) is 32.3 Å². The van der Waals surface area contributed by atoms with Gasteiger partial charge in [-0.1, -0.05) is 140 Å². The van der Waals surface area contributed by atoms with Crippen LogP contribution in [0.15, 0.2) is 174 Å². The number of para-hydroxylation sites is 1. The van der Waals surface area contributed by atoms with Crippen molar-refractivity contribution in [3.05, 3.63) is 170 Å². The molecule has 0 amide bonds. The summed E-state index contributed by atoms with van der Waals surface area (Å²) >= 11 is 0. The third kappa shape index (κ3) is 4.44. The molecule has 228 valence electrons. The quantitative estimate of drug-likeness (QED) is 0.183. The van der Waals surface area contributed by atoms with E-state index in [2.05, 4.69) is 146 Å². The zero-order chi connectivity index (χ0) is 32.3. The van der Waals surface area contributed by atoms with E-state index in [1.807, 2.05) is 24.3 Å². The summed E-state index contributed by atoms with van der Waals surface area (Å²) in [5.74, 6) is 0.663. The molecule has 0 aliphatic heterocycles. The first kappa shape index (κ1) is 27.5. The van der Waals surface area contributed by atoms with Gasteiger partial charge in [-0.2, -0.15) is 0 Å². The van der Waals surface area contributed by atoms with Gasteiger partial charge < -0.3 is 4.42 Å². The molecule has 0 spiro atoms. The van der Waals surface area contributed by atoms with Crippen molar-refractivity contribution >= 4 is 54.3 Å². The number of benzene rings is 8. The molecule has 0 saturated carbocycles. The van der Waals surface area contributed by atoms with Crippen molar-refractivity contribution in [1.29, 1.82) is 0 Å². The van der Waals surface area contributed by atoms with Crippen LogP contribution in [-0.2, 0) is 0 Å². The summed E-state index contributed by atoms with van der Waals surface area (Å²) in [6.45, 7) is 0. The van der Waals surface area contributed by atoms with Gasteiger partial charge in [-0.3, -0.25) is 0 Å². The maximum absolute atomic E-state index is 6.46. The highest BCUT2D eigenvalue weighted by Crippen LogP contribution is 2.44. The average molecular weight is 625 g/mol. The van der Waals surface area contributed by atoms with E-state index in [1.54, 1.807) is 0 Å². The van der Waals surface area contributed by atoms with E-state index >= 15 is 0 Å². The van der Waals surface area contributed by atoms with Crippen molar-refractivity contribution in [2.75, 3.05) is 0 Å². The maximum atomic E-state index is 6.46. The molecule has 10 rings (SSSR count). The molecule has 2 aromatic heterocycles. The Morgan fingerprint density at radius 2 is 0.857 bits per heavy atom. The van der Waals surface area contributed by atoms with E-state index in [9.17, 15) is 0 Å². The van der Waals surface area contributed by atoms with Gasteiger partial charge >= 0.3 is 0 Å². The summed E-state index contributed by atoms with van der Waals surface area (Å²) in [4.78, 5) is 10.6. The molecule has 0 atom stereocenters. The van der Waals surface area contributed by atoms with Crippen LogP contribution in [0.5, 0.6) is 0 Å². The lowest BCUT2D eigenvalue weighted by Gasteiger charge is -2.16. The van der Waals surface area contributed by atoms with Gasteiger partial charge in [-0.15, -0.1) is 0 Å². The van der Waals surface area contributed by atoms with E-state index in [0.717, 1.165) is 61.1 Å². The van der Waals surface area contributed by atoms with Crippen molar-refractivity contribution in [3.8, 4) is 45.0 Å². The molecule has 0 N–H and O–H groups in total. The van der Waals surface area contributed by atoms with Crippen LogP contribution in [0.25, 0.3) is 99.3 Å². The van der Waals surface area contributed by atoms with E-state index in [0.29, 0.717) is 5.82 Å². The Kier molecular flexibility index (Phi) is 6.18. The summed E-state index contributed by atoms with van der Waals surface area (Å²) in [6.07, 6.45) is 0. The number of nitrogens with zero attached hydrogens (tertiary/aromatic N) is 2. The summed E-state index contributed by atoms with van der Waals surface area (Å²) in [5.41, 5.74) is 8.60. The molecular weight excluding hydrogens is 597 g/mol. The van der Waals surface area contributed by atoms with Crippen LogP contribution in [0, 0.1) is 0 Å². The first-order valence-electron chi connectivity index (χ1n) is 16.6. The highest BCUT2D eigenvalue weighted by Gasteiger charge is 2.22. The Bertz CT molecular complexity index is 2780. The normalized spacial score (nSPS) is 11.7. The molecule has 8 aromatic carbocycles. The molecule has 0 saturated heterocycles. The standard InChI is InChI=1S/C46H28N2O/c1-3-13-29(14-4-1)40-28-41(30-15-5-2-6-16-30)48-46(47-40)45-32(25-26-43-44(45)38-21-11-12-22-42(38)49-43)31-23-24-37-35-19-8-7-17-33(35)34-18-9-10-20-36(34)39(37)27-31/h1-28H. The molecular formula is C46H28N2O. The molecule has 0 radical (unpaired) electrons. The van der Waals surface area contributed by atoms with Gasteiger partial charge in [-0.05, 0) is 73.8 Å². The summed E-state index contributed by atoms with van der Waals surface area (Å²) in [6, 6.07) is 59.6. The number of hydrogen-bond donors (Lipinski definition) is 0. The Morgan fingerprint density at radius 1 is 0.347 bits per heavy atom. The second kappa shape index (κ2) is 11.0. The predicted molar refractivity (Wildman–Crippen MR) is 204 cm³/mol. The number of hydrogen-bond acceptors (Lipinski definition) is 3. The Balaban J connectivity index is 1.32. The van der Waals surface area contributed by atoms with Gasteiger partial charge in [-0.25, -0.2) is 9.97 Å². The molecule has 0 aliphatic carbocycles. The van der Waals surface area contributed by atoms with Gasteiger partial charge in [0, 0.05) is 27.5 Å². The third-order valence-corrected chi connectivity index (χ3v) is 9.69. The summed E-state index contributed by atoms with van der Waals surface area (Å²) in [7, 11) is 0. The molecule has 0 aliphatic rings. The molecule has 0 fully saturated rings. The highest BCUT2D eigenvalue weighted by molar-refractivity contribution is 6.26. The lowest BCUT2D eigenvalue weighted by atomic mass is 9.89. The van der Waals surface area contributed by atoms with Crippen molar-refractivity contribution in [2.45, 2.75) is 0 Å². The lowest BCUT2D eigenvalue weighted by Crippen LogP contribution is -1.98. The highest BCUT2D eigenvalue weighted by atomic mass is 16.3. The van der Waals surface area contributed by atoms with Crippen molar-refractivity contribution in [2.24, 2.45) is 0 Å². The fraction of sp³-hybridized carbons (Fsp3) is 0.